The van der Waals surface area contributed by atoms with E-state index in [1.807, 2.05) is 19.1 Å². The molecule has 0 aromatic carbocycles. The zero-order chi connectivity index (χ0) is 9.97. The second-order valence-corrected chi connectivity index (χ2v) is 4.35. The largest absolute Gasteiger partial charge is 0.367 e. The standard InChI is InChI=1S/C10H14ClN3/c1-7-2-5-10(14-13-7)12-6-9(11)8-3-4-8/h2,5,8-9H,3-4,6H2,1H3,(H,12,14). The predicted octanol–water partition coefficient (Wildman–Crippen LogP) is 2.21. The Morgan fingerprint density at radius 1 is 1.50 bits per heavy atom. The third-order valence-corrected chi connectivity index (χ3v) is 2.92. The molecule has 1 atom stereocenters. The maximum Gasteiger partial charge on any atom is 0.148 e. The summed E-state index contributed by atoms with van der Waals surface area (Å²) in [6.45, 7) is 2.70. The molecule has 1 aliphatic rings. The number of hydrogen-bond acceptors (Lipinski definition) is 3. The highest BCUT2D eigenvalue weighted by Gasteiger charge is 2.29. The van der Waals surface area contributed by atoms with Gasteiger partial charge in [0.25, 0.3) is 0 Å². The highest BCUT2D eigenvalue weighted by atomic mass is 35.5. The summed E-state index contributed by atoms with van der Waals surface area (Å²) < 4.78 is 0. The normalized spacial score (nSPS) is 17.9. The minimum absolute atomic E-state index is 0.234. The van der Waals surface area contributed by atoms with Gasteiger partial charge in [0.1, 0.15) is 5.82 Å². The van der Waals surface area contributed by atoms with Gasteiger partial charge in [-0.15, -0.1) is 16.7 Å². The van der Waals surface area contributed by atoms with Gasteiger partial charge in [-0.25, -0.2) is 0 Å². The predicted molar refractivity (Wildman–Crippen MR) is 57.6 cm³/mol. The van der Waals surface area contributed by atoms with Crippen molar-refractivity contribution in [3.05, 3.63) is 17.8 Å². The van der Waals surface area contributed by atoms with Gasteiger partial charge in [0.15, 0.2) is 0 Å². The molecule has 3 nitrogen and oxygen atoms in total. The number of alkyl halides is 1. The van der Waals surface area contributed by atoms with Crippen molar-refractivity contribution in [2.75, 3.05) is 11.9 Å². The molecule has 1 heterocycles. The maximum atomic E-state index is 6.15. The minimum Gasteiger partial charge on any atom is -0.367 e. The topological polar surface area (TPSA) is 37.8 Å². The molecule has 0 spiro atoms. The monoisotopic (exact) mass is 211 g/mol. The SMILES string of the molecule is Cc1ccc(NCC(Cl)C2CC2)nn1. The number of hydrogen-bond donors (Lipinski definition) is 1. The summed E-state index contributed by atoms with van der Waals surface area (Å²) in [4.78, 5) is 0. The highest BCUT2D eigenvalue weighted by molar-refractivity contribution is 6.21. The first-order chi connectivity index (χ1) is 6.75. The molecule has 1 N–H and O–H groups in total. The molecule has 0 saturated heterocycles. The van der Waals surface area contributed by atoms with Gasteiger partial charge < -0.3 is 5.32 Å². The van der Waals surface area contributed by atoms with Crippen LogP contribution in [-0.2, 0) is 0 Å². The van der Waals surface area contributed by atoms with Gasteiger partial charge >= 0.3 is 0 Å². The molecule has 1 aliphatic carbocycles. The van der Waals surface area contributed by atoms with Crippen LogP contribution in [0.3, 0.4) is 0 Å². The fourth-order valence-electron chi connectivity index (χ4n) is 1.32. The molecular formula is C10H14ClN3. The Balaban J connectivity index is 1.82. The molecule has 0 amide bonds. The van der Waals surface area contributed by atoms with Gasteiger partial charge in [-0.2, -0.15) is 5.10 Å². The van der Waals surface area contributed by atoms with Crippen molar-refractivity contribution in [2.45, 2.75) is 25.1 Å². The van der Waals surface area contributed by atoms with E-state index in [2.05, 4.69) is 15.5 Å². The third kappa shape index (κ3) is 2.58. The number of anilines is 1. The molecule has 1 aromatic rings. The zero-order valence-corrected chi connectivity index (χ0v) is 8.96. The number of rotatable bonds is 4. The van der Waals surface area contributed by atoms with E-state index >= 15 is 0 Å². The second-order valence-electron chi connectivity index (χ2n) is 3.79. The summed E-state index contributed by atoms with van der Waals surface area (Å²) in [5.74, 6) is 1.52. The van der Waals surface area contributed by atoms with Crippen LogP contribution in [0.5, 0.6) is 0 Å². The van der Waals surface area contributed by atoms with Crippen molar-refractivity contribution in [3.63, 3.8) is 0 Å². The van der Waals surface area contributed by atoms with Gasteiger partial charge in [-0.3, -0.25) is 0 Å². The Morgan fingerprint density at radius 3 is 2.86 bits per heavy atom. The lowest BCUT2D eigenvalue weighted by atomic mass is 10.3. The number of nitrogens with one attached hydrogen (secondary N) is 1. The van der Waals surface area contributed by atoms with Gasteiger partial charge in [0.05, 0.1) is 11.1 Å². The second kappa shape index (κ2) is 4.13. The first kappa shape index (κ1) is 9.71. The average molecular weight is 212 g/mol. The van der Waals surface area contributed by atoms with Crippen LogP contribution in [0.2, 0.25) is 0 Å². The third-order valence-electron chi connectivity index (χ3n) is 2.41. The van der Waals surface area contributed by atoms with Crippen molar-refractivity contribution < 1.29 is 0 Å². The van der Waals surface area contributed by atoms with Gasteiger partial charge in [-0.1, -0.05) is 0 Å². The van der Waals surface area contributed by atoms with Crippen LogP contribution < -0.4 is 5.32 Å². The number of nitrogens with zero attached hydrogens (tertiary/aromatic N) is 2. The van der Waals surface area contributed by atoms with Crippen LogP contribution in [0.1, 0.15) is 18.5 Å². The van der Waals surface area contributed by atoms with E-state index in [0.717, 1.165) is 18.1 Å². The number of aromatic nitrogens is 2. The summed E-state index contributed by atoms with van der Waals surface area (Å²) in [6.07, 6.45) is 2.55. The molecule has 0 bridgehead atoms. The maximum absolute atomic E-state index is 6.15. The van der Waals surface area contributed by atoms with E-state index < -0.39 is 0 Å². The molecule has 4 heteroatoms. The lowest BCUT2D eigenvalue weighted by Crippen LogP contribution is -2.16. The van der Waals surface area contributed by atoms with E-state index in [9.17, 15) is 0 Å². The lowest BCUT2D eigenvalue weighted by molar-refractivity contribution is 0.766. The van der Waals surface area contributed by atoms with Gasteiger partial charge in [-0.05, 0) is 37.8 Å². The summed E-state index contributed by atoms with van der Waals surface area (Å²) >= 11 is 6.15. The summed E-state index contributed by atoms with van der Waals surface area (Å²) in [5, 5.41) is 11.4. The summed E-state index contributed by atoms with van der Waals surface area (Å²) in [7, 11) is 0. The minimum atomic E-state index is 0.234. The van der Waals surface area contributed by atoms with Crippen LogP contribution in [-0.4, -0.2) is 22.1 Å². The van der Waals surface area contributed by atoms with Crippen LogP contribution in [0.15, 0.2) is 12.1 Å². The molecule has 1 aromatic heterocycles. The van der Waals surface area contributed by atoms with E-state index in [1.165, 1.54) is 12.8 Å². The fourth-order valence-corrected chi connectivity index (χ4v) is 1.65. The highest BCUT2D eigenvalue weighted by Crippen LogP contribution is 2.35. The van der Waals surface area contributed by atoms with Crippen molar-refractivity contribution in [1.82, 2.24) is 10.2 Å². The average Bonchev–Trinajstić information content (AvgIpc) is 3.00. The first-order valence-electron chi connectivity index (χ1n) is 4.94. The zero-order valence-electron chi connectivity index (χ0n) is 8.20. The molecule has 1 saturated carbocycles. The number of halogens is 1. The Morgan fingerprint density at radius 2 is 2.29 bits per heavy atom. The van der Waals surface area contributed by atoms with Crippen LogP contribution in [0, 0.1) is 12.8 Å². The summed E-state index contributed by atoms with van der Waals surface area (Å²) in [5.41, 5.74) is 0.931. The smallest absolute Gasteiger partial charge is 0.148 e. The molecule has 1 unspecified atom stereocenters. The van der Waals surface area contributed by atoms with Crippen molar-refractivity contribution in [3.8, 4) is 0 Å². The summed E-state index contributed by atoms with van der Waals surface area (Å²) in [6, 6.07) is 3.87. The molecular weight excluding hydrogens is 198 g/mol. The van der Waals surface area contributed by atoms with Crippen molar-refractivity contribution in [1.29, 1.82) is 0 Å². The molecule has 14 heavy (non-hydrogen) atoms. The van der Waals surface area contributed by atoms with Crippen LogP contribution >= 0.6 is 11.6 Å². The van der Waals surface area contributed by atoms with Crippen LogP contribution in [0.25, 0.3) is 0 Å². The first-order valence-corrected chi connectivity index (χ1v) is 5.37. The van der Waals surface area contributed by atoms with Crippen molar-refractivity contribution >= 4 is 17.4 Å². The molecule has 0 aliphatic heterocycles. The lowest BCUT2D eigenvalue weighted by Gasteiger charge is -2.09. The molecule has 1 fully saturated rings. The molecule has 0 radical (unpaired) electrons. The Hall–Kier alpha value is -0.830. The van der Waals surface area contributed by atoms with Gasteiger partial charge in [0, 0.05) is 6.54 Å². The van der Waals surface area contributed by atoms with E-state index in [-0.39, 0.29) is 5.38 Å². The Labute approximate surface area is 88.9 Å². The quantitative estimate of drug-likeness (QED) is 0.777. The van der Waals surface area contributed by atoms with Crippen molar-refractivity contribution in [2.24, 2.45) is 5.92 Å². The molecule has 2 rings (SSSR count). The number of aryl methyl sites for hydroxylation is 1. The fraction of sp³-hybridized carbons (Fsp3) is 0.600. The molecule has 76 valence electrons. The van der Waals surface area contributed by atoms with E-state index in [1.54, 1.807) is 0 Å². The Kier molecular flexibility index (Phi) is 2.87. The van der Waals surface area contributed by atoms with E-state index in [0.29, 0.717) is 5.92 Å². The van der Waals surface area contributed by atoms with Crippen LogP contribution in [0.4, 0.5) is 5.82 Å². The Bertz CT molecular complexity index is 295. The van der Waals surface area contributed by atoms with E-state index in [4.69, 9.17) is 11.6 Å². The van der Waals surface area contributed by atoms with Gasteiger partial charge in [0.2, 0.25) is 0 Å².